The number of aryl methyl sites for hydroxylation is 1. The van der Waals surface area contributed by atoms with E-state index in [1.54, 1.807) is 6.20 Å². The molecule has 0 aromatic carbocycles. The minimum absolute atomic E-state index is 1.16. The van der Waals surface area contributed by atoms with Gasteiger partial charge in [-0.25, -0.2) is 0 Å². The van der Waals surface area contributed by atoms with Crippen LogP contribution >= 0.6 is 0 Å². The molecule has 1 heterocycles. The summed E-state index contributed by atoms with van der Waals surface area (Å²) in [4.78, 5) is 0. The second-order valence-electron chi connectivity index (χ2n) is 2.51. The van der Waals surface area contributed by atoms with Crippen molar-refractivity contribution in [2.75, 3.05) is 0 Å². The van der Waals surface area contributed by atoms with Crippen LogP contribution in [0.15, 0.2) is 12.3 Å². The van der Waals surface area contributed by atoms with Gasteiger partial charge < -0.3 is 0 Å². The van der Waals surface area contributed by atoms with Crippen LogP contribution in [-0.2, 0) is 6.42 Å². The predicted octanol–water partition coefficient (Wildman–Crippen LogP) is 0.613. The first-order valence-corrected chi connectivity index (χ1v) is 5.29. The van der Waals surface area contributed by atoms with Crippen LogP contribution in [0.5, 0.6) is 0 Å². The van der Waals surface area contributed by atoms with E-state index in [4.69, 9.17) is 0 Å². The van der Waals surface area contributed by atoms with Crippen molar-refractivity contribution >= 4 is 26.2 Å². The topological polar surface area (TPSA) is 25.8 Å². The molecule has 1 rings (SSSR count). The molecular weight excluding hydrogens is 243 g/mol. The second-order valence-corrected chi connectivity index (χ2v) is 3.86. The summed E-state index contributed by atoms with van der Waals surface area (Å²) in [6.45, 7) is 2.21. The molecule has 0 aliphatic carbocycles. The van der Waals surface area contributed by atoms with Crippen molar-refractivity contribution < 1.29 is 0 Å². The Morgan fingerprint density at radius 3 is 3.00 bits per heavy atom. The van der Waals surface area contributed by atoms with Crippen LogP contribution in [0, 0.1) is 0 Å². The van der Waals surface area contributed by atoms with Crippen molar-refractivity contribution in [3.8, 4) is 0 Å². The van der Waals surface area contributed by atoms with Gasteiger partial charge in [-0.3, -0.25) is 0 Å². The first-order valence-electron chi connectivity index (χ1n) is 3.86. The summed E-state index contributed by atoms with van der Waals surface area (Å²) >= 11 is 1.37. The maximum absolute atomic E-state index is 4.02. The van der Waals surface area contributed by atoms with Gasteiger partial charge in [-0.05, 0) is 0 Å². The molecule has 3 radical (unpaired) electrons. The fourth-order valence-electron chi connectivity index (χ4n) is 0.926. The Balaban J connectivity index is 2.62. The zero-order chi connectivity index (χ0) is 8.10. The van der Waals surface area contributed by atoms with Crippen molar-refractivity contribution in [2.24, 2.45) is 0 Å². The van der Waals surface area contributed by atoms with Crippen LogP contribution < -0.4 is 3.71 Å². The van der Waals surface area contributed by atoms with Gasteiger partial charge in [-0.15, -0.1) is 0 Å². The van der Waals surface area contributed by atoms with Crippen LogP contribution in [0.25, 0.3) is 0 Å². The van der Waals surface area contributed by atoms with Crippen LogP contribution in [-0.4, -0.2) is 32.7 Å². The second kappa shape index (κ2) is 4.70. The first-order chi connectivity index (χ1) is 5.34. The normalized spacial score (nSPS) is 10.0. The Hall–Kier alpha value is -0.121. The molecule has 0 saturated carbocycles. The van der Waals surface area contributed by atoms with Gasteiger partial charge in [0, 0.05) is 0 Å². The number of hydrogen-bond acceptors (Lipinski definition) is 2. The molecular formula is C8H11N2Sn. The summed E-state index contributed by atoms with van der Waals surface area (Å²) in [6.07, 6.45) is 5.44. The fraction of sp³-hybridized carbons (Fsp3) is 0.500. The third-order valence-corrected chi connectivity index (χ3v) is 2.81. The SMILES string of the molecule is CCCCc1ccnn[c]1[Sn]. The zero-order valence-electron chi connectivity index (χ0n) is 6.67. The van der Waals surface area contributed by atoms with Crippen LogP contribution in [0.2, 0.25) is 0 Å². The van der Waals surface area contributed by atoms with E-state index < -0.39 is 0 Å². The van der Waals surface area contributed by atoms with Crippen LogP contribution in [0.3, 0.4) is 0 Å². The number of rotatable bonds is 3. The van der Waals surface area contributed by atoms with Gasteiger partial charge >= 0.3 is 80.4 Å². The van der Waals surface area contributed by atoms with Gasteiger partial charge in [-0.1, -0.05) is 0 Å². The number of aromatic nitrogens is 2. The number of hydrogen-bond donors (Lipinski definition) is 0. The van der Waals surface area contributed by atoms with Crippen molar-refractivity contribution in [2.45, 2.75) is 26.2 Å². The Kier molecular flexibility index (Phi) is 3.83. The van der Waals surface area contributed by atoms with E-state index in [1.807, 2.05) is 0 Å². The van der Waals surface area contributed by atoms with E-state index in [2.05, 4.69) is 23.2 Å². The molecule has 0 aliphatic rings. The van der Waals surface area contributed by atoms with Crippen molar-refractivity contribution in [3.05, 3.63) is 17.8 Å². The molecule has 0 bridgehead atoms. The van der Waals surface area contributed by atoms with Gasteiger partial charge in [-0.2, -0.15) is 0 Å². The molecule has 57 valence electrons. The Bertz CT molecular complexity index is 225. The Morgan fingerprint density at radius 1 is 1.55 bits per heavy atom. The average Bonchev–Trinajstić information content (AvgIpc) is 2.03. The minimum atomic E-state index is 1.16. The van der Waals surface area contributed by atoms with E-state index in [0.717, 1.165) is 10.1 Å². The van der Waals surface area contributed by atoms with Gasteiger partial charge in [0.1, 0.15) is 0 Å². The van der Waals surface area contributed by atoms with Gasteiger partial charge in [0.05, 0.1) is 0 Å². The molecule has 1 aromatic heterocycles. The van der Waals surface area contributed by atoms with Crippen molar-refractivity contribution in [1.82, 2.24) is 10.2 Å². The first kappa shape index (κ1) is 8.97. The third kappa shape index (κ3) is 2.77. The molecule has 0 aliphatic heterocycles. The predicted molar refractivity (Wildman–Crippen MR) is 46.0 cm³/mol. The van der Waals surface area contributed by atoms with Crippen LogP contribution in [0.1, 0.15) is 25.3 Å². The molecule has 3 heteroatoms. The molecule has 0 unspecified atom stereocenters. The monoisotopic (exact) mass is 255 g/mol. The van der Waals surface area contributed by atoms with Crippen molar-refractivity contribution in [3.63, 3.8) is 0 Å². The number of unbranched alkanes of at least 4 members (excludes halogenated alkanes) is 1. The quantitative estimate of drug-likeness (QED) is 0.738. The van der Waals surface area contributed by atoms with E-state index in [9.17, 15) is 0 Å². The van der Waals surface area contributed by atoms with Crippen molar-refractivity contribution in [1.29, 1.82) is 0 Å². The fourth-order valence-corrected chi connectivity index (χ4v) is 1.69. The van der Waals surface area contributed by atoms with Gasteiger partial charge in [0.2, 0.25) is 0 Å². The zero-order valence-corrected chi connectivity index (χ0v) is 9.52. The molecule has 2 nitrogen and oxygen atoms in total. The molecule has 0 fully saturated rings. The van der Waals surface area contributed by atoms with E-state index in [1.165, 1.54) is 40.9 Å². The molecule has 0 amide bonds. The van der Waals surface area contributed by atoms with E-state index >= 15 is 0 Å². The molecule has 0 N–H and O–H groups in total. The Labute approximate surface area is 80.5 Å². The van der Waals surface area contributed by atoms with Gasteiger partial charge in [0.15, 0.2) is 0 Å². The summed E-state index contributed by atoms with van der Waals surface area (Å²) in [5.74, 6) is 0. The summed E-state index contributed by atoms with van der Waals surface area (Å²) < 4.78 is 1.16. The van der Waals surface area contributed by atoms with E-state index in [-0.39, 0.29) is 0 Å². The third-order valence-electron chi connectivity index (χ3n) is 1.60. The molecule has 0 atom stereocenters. The number of nitrogens with zero attached hydrogens (tertiary/aromatic N) is 2. The maximum atomic E-state index is 4.02. The molecule has 0 spiro atoms. The van der Waals surface area contributed by atoms with E-state index in [0.29, 0.717) is 0 Å². The summed E-state index contributed by atoms with van der Waals surface area (Å²) in [7, 11) is 0. The molecule has 0 saturated heterocycles. The molecule has 1 aromatic rings. The van der Waals surface area contributed by atoms with Crippen LogP contribution in [0.4, 0.5) is 0 Å². The average molecular weight is 254 g/mol. The summed E-state index contributed by atoms with van der Waals surface area (Å²) in [5.41, 5.74) is 1.38. The summed E-state index contributed by atoms with van der Waals surface area (Å²) in [6, 6.07) is 2.08. The standard InChI is InChI=1S/C8H11N2.Sn/c1-2-3-4-8-5-6-9-10-7-8;/h5-6H,2-4H2,1H3;. The molecule has 11 heavy (non-hydrogen) atoms. The summed E-state index contributed by atoms with van der Waals surface area (Å²) in [5, 5.41) is 7.85. The van der Waals surface area contributed by atoms with Gasteiger partial charge in [0.25, 0.3) is 0 Å². The Morgan fingerprint density at radius 2 is 2.36 bits per heavy atom.